The van der Waals surface area contributed by atoms with E-state index in [1.165, 1.54) is 77.0 Å². The number of rotatable bonds is 44. The summed E-state index contributed by atoms with van der Waals surface area (Å²) in [4.78, 5) is 35.5. The molecule has 0 saturated heterocycles. The van der Waals surface area contributed by atoms with Crippen LogP contribution in [0.1, 0.15) is 181 Å². The second-order valence-corrected chi connectivity index (χ2v) is 18.9. The number of allylic oxidation sites excluding steroid dienone is 16. The summed E-state index contributed by atoms with van der Waals surface area (Å²) in [6.45, 7) is 4.28. The van der Waals surface area contributed by atoms with Crippen molar-refractivity contribution >= 4 is 19.8 Å². The molecule has 2 atom stereocenters. The molecule has 1 N–H and O–H groups in total. The highest BCUT2D eigenvalue weighted by atomic mass is 31.2. The van der Waals surface area contributed by atoms with Crippen LogP contribution in [0.15, 0.2) is 97.2 Å². The second-order valence-electron chi connectivity index (χ2n) is 17.5. The molecule has 0 radical (unpaired) electrons. The molecule has 0 fully saturated rings. The zero-order valence-electron chi connectivity index (χ0n) is 41.2. The lowest BCUT2D eigenvalue weighted by atomic mass is 10.1. The number of likely N-dealkylation sites (N-methyl/N-ethyl adjacent to an activating group) is 1. The summed E-state index contributed by atoms with van der Waals surface area (Å²) in [6, 6.07) is 0. The van der Waals surface area contributed by atoms with Crippen molar-refractivity contribution in [1.82, 2.24) is 0 Å². The Hall–Kier alpha value is -3.07. The number of phosphoric ester groups is 1. The Morgan fingerprint density at radius 2 is 0.859 bits per heavy atom. The van der Waals surface area contributed by atoms with Crippen LogP contribution < -0.4 is 0 Å². The second kappa shape index (κ2) is 45.1. The highest BCUT2D eigenvalue weighted by Crippen LogP contribution is 2.43. The van der Waals surface area contributed by atoms with Crippen LogP contribution in [0, 0.1) is 0 Å². The summed E-state index contributed by atoms with van der Waals surface area (Å²) in [6.07, 6.45) is 60.4. The number of hydrogen-bond acceptors (Lipinski definition) is 7. The molecule has 64 heavy (non-hydrogen) atoms. The van der Waals surface area contributed by atoms with E-state index in [1.54, 1.807) is 0 Å². The third kappa shape index (κ3) is 48.4. The molecule has 0 saturated carbocycles. The lowest BCUT2D eigenvalue weighted by molar-refractivity contribution is -0.870. The molecule has 0 aromatic heterocycles. The summed E-state index contributed by atoms with van der Waals surface area (Å²) >= 11 is 0. The fraction of sp³-hybridized carbons (Fsp3) is 0.667. The van der Waals surface area contributed by atoms with Crippen molar-refractivity contribution in [3.63, 3.8) is 0 Å². The maximum atomic E-state index is 12.7. The summed E-state index contributed by atoms with van der Waals surface area (Å²) in [7, 11) is 1.41. The molecule has 0 aromatic rings. The number of unbranched alkanes of at least 4 members (excludes halogenated alkanes) is 14. The minimum absolute atomic E-state index is 0.0113. The molecule has 9 nitrogen and oxygen atoms in total. The molecule has 366 valence electrons. The van der Waals surface area contributed by atoms with Gasteiger partial charge in [0.15, 0.2) is 6.10 Å². The van der Waals surface area contributed by atoms with Crippen LogP contribution in [0.3, 0.4) is 0 Å². The smallest absolute Gasteiger partial charge is 0.462 e. The van der Waals surface area contributed by atoms with Gasteiger partial charge in [0.2, 0.25) is 0 Å². The van der Waals surface area contributed by atoms with Gasteiger partial charge in [-0.15, -0.1) is 0 Å². The van der Waals surface area contributed by atoms with Gasteiger partial charge in [0, 0.05) is 12.8 Å². The standard InChI is InChI=1S/C54H92NO8P/c1-6-8-10-12-14-16-18-20-22-24-26-27-29-30-32-34-36-38-40-42-44-46-53(56)60-50-52(51-62-64(58,59)61-49-48-55(3,4)5)63-54(57)47-45-43-41-39-37-35-33-31-28-25-23-21-19-17-15-13-11-9-7-2/h15,17,21-24,27-29,31-32,34-35,37-38,40,52H,6-14,16,18-20,25-26,30,33,36,39,41-51H2,1-5H3/p+1/b17-15+,23-21+,24-22+,29-27+,31-28+,34-32+,37-35+,40-38+/t52-/m1/s1. The van der Waals surface area contributed by atoms with Crippen LogP contribution in [0.2, 0.25) is 0 Å². The minimum atomic E-state index is -4.41. The first kappa shape index (κ1) is 60.9. The van der Waals surface area contributed by atoms with Crippen molar-refractivity contribution in [3.8, 4) is 0 Å². The molecule has 0 aromatic carbocycles. The molecule has 0 rings (SSSR count). The number of esters is 2. The summed E-state index contributed by atoms with van der Waals surface area (Å²) in [5.41, 5.74) is 0. The predicted octanol–water partition coefficient (Wildman–Crippen LogP) is 14.9. The van der Waals surface area contributed by atoms with E-state index in [4.69, 9.17) is 18.5 Å². The average Bonchev–Trinajstić information content (AvgIpc) is 3.25. The Kier molecular flexibility index (Phi) is 42.9. The maximum Gasteiger partial charge on any atom is 0.472 e. The van der Waals surface area contributed by atoms with Crippen molar-refractivity contribution in [2.24, 2.45) is 0 Å². The van der Waals surface area contributed by atoms with Crippen molar-refractivity contribution in [1.29, 1.82) is 0 Å². The SMILES string of the molecule is CCCCC/C=C/C/C=C/C/C=C/C/C=C/CCCCCC(=O)O[C@H](COC(=O)CCC/C=C/C/C=C/C/C=C/C/C=C/CCCCCCCCC)COP(=O)(O)OCC[N+](C)(C)C. The first-order valence-corrected chi connectivity index (χ1v) is 26.5. The zero-order chi connectivity index (χ0) is 47.1. The van der Waals surface area contributed by atoms with Crippen molar-refractivity contribution in [2.75, 3.05) is 47.5 Å². The van der Waals surface area contributed by atoms with Gasteiger partial charge in [0.05, 0.1) is 27.7 Å². The van der Waals surface area contributed by atoms with Gasteiger partial charge in [-0.2, -0.15) is 0 Å². The fourth-order valence-corrected chi connectivity index (χ4v) is 6.91. The predicted molar refractivity (Wildman–Crippen MR) is 270 cm³/mol. The van der Waals surface area contributed by atoms with Gasteiger partial charge in [-0.25, -0.2) is 4.57 Å². The van der Waals surface area contributed by atoms with Crippen LogP contribution in [-0.2, 0) is 32.7 Å². The molecular formula is C54H93NO8P+. The summed E-state index contributed by atoms with van der Waals surface area (Å²) < 4.78 is 34.3. The molecule has 0 amide bonds. The normalized spacial score (nSPS) is 14.3. The largest absolute Gasteiger partial charge is 0.472 e. The fourth-order valence-electron chi connectivity index (χ4n) is 6.17. The number of carbonyl (C=O) groups excluding carboxylic acids is 2. The molecule has 0 bridgehead atoms. The Labute approximate surface area is 392 Å². The van der Waals surface area contributed by atoms with E-state index in [0.717, 1.165) is 64.2 Å². The lowest BCUT2D eigenvalue weighted by Crippen LogP contribution is -2.37. The van der Waals surface area contributed by atoms with E-state index in [9.17, 15) is 19.0 Å². The third-order valence-electron chi connectivity index (χ3n) is 10.1. The highest BCUT2D eigenvalue weighted by Gasteiger charge is 2.27. The first-order valence-electron chi connectivity index (χ1n) is 25.0. The summed E-state index contributed by atoms with van der Waals surface area (Å²) in [5, 5.41) is 0. The maximum absolute atomic E-state index is 12.7. The van der Waals surface area contributed by atoms with Gasteiger partial charge in [-0.05, 0) is 96.3 Å². The van der Waals surface area contributed by atoms with Gasteiger partial charge < -0.3 is 18.9 Å². The van der Waals surface area contributed by atoms with Gasteiger partial charge in [0.1, 0.15) is 19.8 Å². The minimum Gasteiger partial charge on any atom is -0.462 e. The quantitative estimate of drug-likeness (QED) is 0.0212. The molecule has 1 unspecified atom stereocenters. The highest BCUT2D eigenvalue weighted by molar-refractivity contribution is 7.47. The Bertz CT molecular complexity index is 1400. The van der Waals surface area contributed by atoms with Gasteiger partial charge in [-0.1, -0.05) is 169 Å². The Balaban J connectivity index is 4.46. The van der Waals surface area contributed by atoms with E-state index in [2.05, 4.69) is 111 Å². The van der Waals surface area contributed by atoms with Gasteiger partial charge in [0.25, 0.3) is 0 Å². The molecular weight excluding hydrogens is 822 g/mol. The van der Waals surface area contributed by atoms with Crippen molar-refractivity contribution in [3.05, 3.63) is 97.2 Å². The van der Waals surface area contributed by atoms with E-state index < -0.39 is 32.5 Å². The number of phosphoric acid groups is 1. The van der Waals surface area contributed by atoms with E-state index >= 15 is 0 Å². The van der Waals surface area contributed by atoms with E-state index in [1.807, 2.05) is 21.1 Å². The van der Waals surface area contributed by atoms with Crippen LogP contribution in [0.25, 0.3) is 0 Å². The monoisotopic (exact) mass is 915 g/mol. The van der Waals surface area contributed by atoms with Crippen molar-refractivity contribution in [2.45, 2.75) is 187 Å². The molecule has 0 heterocycles. The average molecular weight is 915 g/mol. The summed E-state index contributed by atoms with van der Waals surface area (Å²) in [5.74, 6) is -0.908. The topological polar surface area (TPSA) is 108 Å². The zero-order valence-corrected chi connectivity index (χ0v) is 42.1. The molecule has 0 aliphatic rings. The Morgan fingerprint density at radius 3 is 1.33 bits per heavy atom. The molecule has 0 aliphatic heterocycles. The number of ether oxygens (including phenoxy) is 2. The van der Waals surface area contributed by atoms with Gasteiger partial charge in [-0.3, -0.25) is 18.6 Å². The van der Waals surface area contributed by atoms with Crippen LogP contribution in [0.5, 0.6) is 0 Å². The third-order valence-corrected chi connectivity index (χ3v) is 11.1. The molecule has 0 aliphatic carbocycles. The Morgan fingerprint density at radius 1 is 0.484 bits per heavy atom. The number of hydrogen-bond donors (Lipinski definition) is 1. The number of quaternary nitrogens is 1. The van der Waals surface area contributed by atoms with E-state index in [-0.39, 0.29) is 26.1 Å². The first-order chi connectivity index (χ1) is 31.0. The molecule has 10 heteroatoms. The lowest BCUT2D eigenvalue weighted by Gasteiger charge is -2.24. The van der Waals surface area contributed by atoms with Crippen LogP contribution in [0.4, 0.5) is 0 Å². The van der Waals surface area contributed by atoms with Crippen LogP contribution >= 0.6 is 7.82 Å². The van der Waals surface area contributed by atoms with Crippen molar-refractivity contribution < 1.29 is 42.1 Å². The van der Waals surface area contributed by atoms with E-state index in [0.29, 0.717) is 23.9 Å². The number of nitrogens with zero attached hydrogens (tertiary/aromatic N) is 1. The molecule has 0 spiro atoms. The van der Waals surface area contributed by atoms with Crippen LogP contribution in [-0.4, -0.2) is 74.9 Å². The number of carbonyl (C=O) groups is 2. The van der Waals surface area contributed by atoms with Gasteiger partial charge >= 0.3 is 19.8 Å².